The van der Waals surface area contributed by atoms with E-state index in [9.17, 15) is 9.59 Å². The van der Waals surface area contributed by atoms with Gasteiger partial charge in [0.25, 0.3) is 0 Å². The largest absolute Gasteiger partial charge is 0.364 e. The summed E-state index contributed by atoms with van der Waals surface area (Å²) in [4.78, 5) is 30.7. The lowest BCUT2D eigenvalue weighted by Crippen LogP contribution is -2.44. The number of nitrogens with one attached hydrogen (secondary N) is 1. The van der Waals surface area contributed by atoms with Gasteiger partial charge in [-0.1, -0.05) is 11.2 Å². The second-order valence-electron chi connectivity index (χ2n) is 6.06. The third-order valence-corrected chi connectivity index (χ3v) is 4.13. The highest BCUT2D eigenvalue weighted by Crippen LogP contribution is 2.19. The number of hydrogen-bond donors (Lipinski definition) is 1. The predicted molar refractivity (Wildman–Crippen MR) is 87.1 cm³/mol. The zero-order valence-corrected chi connectivity index (χ0v) is 13.6. The van der Waals surface area contributed by atoms with Crippen LogP contribution in [0.4, 0.5) is 5.82 Å². The van der Waals surface area contributed by atoms with Crippen LogP contribution in [0.25, 0.3) is 0 Å². The molecule has 7 nitrogen and oxygen atoms in total. The minimum absolute atomic E-state index is 0.0325. The van der Waals surface area contributed by atoms with Crippen LogP contribution in [0.5, 0.6) is 0 Å². The molecule has 1 aliphatic heterocycles. The van der Waals surface area contributed by atoms with Gasteiger partial charge in [0.15, 0.2) is 0 Å². The highest BCUT2D eigenvalue weighted by Gasteiger charge is 2.28. The van der Waals surface area contributed by atoms with Crippen LogP contribution in [0.2, 0.25) is 0 Å². The second kappa shape index (κ2) is 7.25. The zero-order valence-electron chi connectivity index (χ0n) is 13.6. The Bertz CT molecular complexity index is 697. The molecule has 1 fully saturated rings. The summed E-state index contributed by atoms with van der Waals surface area (Å²) in [5.74, 6) is 0.194. The maximum atomic E-state index is 12.4. The lowest BCUT2D eigenvalue weighted by molar-refractivity contribution is -0.134. The molecule has 3 rings (SSSR count). The third kappa shape index (κ3) is 3.98. The monoisotopic (exact) mass is 328 g/mol. The molecule has 1 saturated heterocycles. The molecule has 0 bridgehead atoms. The lowest BCUT2D eigenvalue weighted by atomic mass is 9.96. The molecule has 0 aliphatic carbocycles. The Balaban J connectivity index is 1.57. The first-order valence-electron chi connectivity index (χ1n) is 8.02. The molecule has 2 aromatic rings. The highest BCUT2D eigenvalue weighted by atomic mass is 16.5. The number of hydrogen-bond acceptors (Lipinski definition) is 5. The smallest absolute Gasteiger partial charge is 0.230 e. The quantitative estimate of drug-likeness (QED) is 0.924. The van der Waals surface area contributed by atoms with Crippen LogP contribution in [0, 0.1) is 12.8 Å². The van der Waals surface area contributed by atoms with Gasteiger partial charge in [0, 0.05) is 25.4 Å². The minimum atomic E-state index is -0.219. The van der Waals surface area contributed by atoms with E-state index in [1.54, 1.807) is 23.2 Å². The van der Waals surface area contributed by atoms with Crippen molar-refractivity contribution in [2.45, 2.75) is 26.2 Å². The number of carbonyl (C=O) groups is 2. The fraction of sp³-hybridized carbons (Fsp3) is 0.412. The van der Waals surface area contributed by atoms with Crippen molar-refractivity contribution in [3.63, 3.8) is 0 Å². The molecule has 0 saturated carbocycles. The summed E-state index contributed by atoms with van der Waals surface area (Å²) >= 11 is 0. The van der Waals surface area contributed by atoms with Crippen molar-refractivity contribution in [3.05, 3.63) is 41.9 Å². The molecule has 24 heavy (non-hydrogen) atoms. The Morgan fingerprint density at radius 1 is 1.38 bits per heavy atom. The van der Waals surface area contributed by atoms with Crippen molar-refractivity contribution in [2.75, 3.05) is 18.4 Å². The molecular formula is C17H20N4O3. The Labute approximate surface area is 140 Å². The van der Waals surface area contributed by atoms with Crippen LogP contribution in [-0.2, 0) is 16.0 Å². The number of aromatic nitrogens is 2. The maximum absolute atomic E-state index is 12.4. The average molecular weight is 328 g/mol. The number of likely N-dealkylation sites (tertiary alicyclic amines) is 1. The van der Waals surface area contributed by atoms with E-state index in [4.69, 9.17) is 4.52 Å². The van der Waals surface area contributed by atoms with Gasteiger partial charge >= 0.3 is 0 Å². The molecule has 7 heteroatoms. The van der Waals surface area contributed by atoms with Crippen molar-refractivity contribution in [3.8, 4) is 0 Å². The van der Waals surface area contributed by atoms with Gasteiger partial charge in [-0.05, 0) is 31.4 Å². The lowest BCUT2D eigenvalue weighted by Gasteiger charge is -2.31. The van der Waals surface area contributed by atoms with E-state index in [-0.39, 0.29) is 24.2 Å². The normalized spacial score (nSPS) is 17.5. The van der Waals surface area contributed by atoms with Crippen LogP contribution in [0.3, 0.4) is 0 Å². The topological polar surface area (TPSA) is 88.3 Å². The number of nitrogens with zero attached hydrogens (tertiary/aromatic N) is 3. The van der Waals surface area contributed by atoms with Crippen molar-refractivity contribution in [1.29, 1.82) is 0 Å². The number of piperidine rings is 1. The van der Waals surface area contributed by atoms with Gasteiger partial charge in [0.05, 0.1) is 18.0 Å². The highest BCUT2D eigenvalue weighted by molar-refractivity contribution is 5.92. The molecule has 1 aliphatic rings. The molecule has 1 atom stereocenters. The van der Waals surface area contributed by atoms with Gasteiger partial charge in [-0.3, -0.25) is 9.59 Å². The molecule has 0 spiro atoms. The van der Waals surface area contributed by atoms with Gasteiger partial charge in [0.2, 0.25) is 11.8 Å². The summed E-state index contributed by atoms with van der Waals surface area (Å²) in [5.41, 5.74) is 1.64. The maximum Gasteiger partial charge on any atom is 0.230 e. The van der Waals surface area contributed by atoms with E-state index in [0.29, 0.717) is 24.6 Å². The van der Waals surface area contributed by atoms with Crippen LogP contribution >= 0.6 is 0 Å². The molecule has 126 valence electrons. The van der Waals surface area contributed by atoms with Crippen LogP contribution < -0.4 is 5.32 Å². The molecule has 1 unspecified atom stereocenters. The Hall–Kier alpha value is -2.70. The van der Waals surface area contributed by atoms with E-state index in [2.05, 4.69) is 15.5 Å². The standard InChI is InChI=1S/C17H20N4O3/c1-12-4-5-15(18-10-12)19-17(23)13-3-2-7-21(11-13)16(22)9-14-6-8-24-20-14/h4-6,8,10,13H,2-3,7,9,11H2,1H3,(H,18,19,23). The fourth-order valence-corrected chi connectivity index (χ4v) is 2.78. The van der Waals surface area contributed by atoms with Crippen LogP contribution in [0.1, 0.15) is 24.1 Å². The summed E-state index contributed by atoms with van der Waals surface area (Å²) < 4.78 is 4.75. The van der Waals surface area contributed by atoms with E-state index < -0.39 is 0 Å². The number of amides is 2. The zero-order chi connectivity index (χ0) is 16.9. The fourth-order valence-electron chi connectivity index (χ4n) is 2.78. The van der Waals surface area contributed by atoms with Crippen molar-refractivity contribution >= 4 is 17.6 Å². The molecule has 1 N–H and O–H groups in total. The molecular weight excluding hydrogens is 308 g/mol. The van der Waals surface area contributed by atoms with Gasteiger partial charge in [-0.25, -0.2) is 4.98 Å². The third-order valence-electron chi connectivity index (χ3n) is 4.13. The van der Waals surface area contributed by atoms with Crippen molar-refractivity contribution < 1.29 is 14.1 Å². The molecule has 0 aromatic carbocycles. The Morgan fingerprint density at radius 3 is 2.96 bits per heavy atom. The molecule has 2 amide bonds. The molecule has 2 aromatic heterocycles. The number of carbonyl (C=O) groups excluding carboxylic acids is 2. The number of pyridine rings is 1. The van der Waals surface area contributed by atoms with Gasteiger partial charge in [0.1, 0.15) is 12.1 Å². The summed E-state index contributed by atoms with van der Waals surface area (Å²) in [6.45, 7) is 3.04. The van der Waals surface area contributed by atoms with E-state index in [1.807, 2.05) is 13.0 Å². The van der Waals surface area contributed by atoms with Crippen LogP contribution in [-0.4, -0.2) is 39.9 Å². The Morgan fingerprint density at radius 2 is 2.25 bits per heavy atom. The van der Waals surface area contributed by atoms with Gasteiger partial charge in [-0.15, -0.1) is 0 Å². The minimum Gasteiger partial charge on any atom is -0.364 e. The van der Waals surface area contributed by atoms with E-state index in [0.717, 1.165) is 18.4 Å². The first-order valence-corrected chi connectivity index (χ1v) is 8.02. The SMILES string of the molecule is Cc1ccc(NC(=O)C2CCCN(C(=O)Cc3ccon3)C2)nc1. The summed E-state index contributed by atoms with van der Waals surface area (Å²) in [6.07, 6.45) is 4.94. The van der Waals surface area contributed by atoms with Crippen molar-refractivity contribution in [2.24, 2.45) is 5.92 Å². The van der Waals surface area contributed by atoms with Crippen LogP contribution in [0.15, 0.2) is 35.2 Å². The summed E-state index contributed by atoms with van der Waals surface area (Å²) in [7, 11) is 0. The Kier molecular flexibility index (Phi) is 4.88. The number of aryl methyl sites for hydroxylation is 1. The predicted octanol–water partition coefficient (Wildman–Crippen LogP) is 1.80. The van der Waals surface area contributed by atoms with Gasteiger partial charge < -0.3 is 14.7 Å². The molecule has 0 radical (unpaired) electrons. The van der Waals surface area contributed by atoms with Crippen molar-refractivity contribution in [1.82, 2.24) is 15.0 Å². The van der Waals surface area contributed by atoms with Gasteiger partial charge in [-0.2, -0.15) is 0 Å². The summed E-state index contributed by atoms with van der Waals surface area (Å²) in [5, 5.41) is 6.59. The van der Waals surface area contributed by atoms with E-state index >= 15 is 0 Å². The summed E-state index contributed by atoms with van der Waals surface area (Å²) in [6, 6.07) is 5.36. The first-order chi connectivity index (χ1) is 11.6. The number of anilines is 1. The average Bonchev–Trinajstić information content (AvgIpc) is 3.10. The van der Waals surface area contributed by atoms with E-state index in [1.165, 1.54) is 6.26 Å². The first kappa shape index (κ1) is 16.2. The molecule has 3 heterocycles. The number of rotatable bonds is 4. The second-order valence-corrected chi connectivity index (χ2v) is 6.06.